The molecule has 0 saturated carbocycles. The third-order valence-corrected chi connectivity index (χ3v) is 4.57. The van der Waals surface area contributed by atoms with Gasteiger partial charge in [0.1, 0.15) is 0 Å². The van der Waals surface area contributed by atoms with Crippen LogP contribution in [0, 0.1) is 0 Å². The monoisotopic (exact) mass is 294 g/mol. The summed E-state index contributed by atoms with van der Waals surface area (Å²) >= 11 is 0. The third-order valence-electron chi connectivity index (χ3n) is 3.03. The fraction of sp³-hybridized carbons (Fsp3) is 0.333. The van der Waals surface area contributed by atoms with Crippen molar-refractivity contribution in [3.8, 4) is 0 Å². The number of ether oxygens (including phenoxy) is 1. The van der Waals surface area contributed by atoms with Crippen LogP contribution in [0.1, 0.15) is 5.56 Å². The maximum absolute atomic E-state index is 12.1. The van der Waals surface area contributed by atoms with Crippen molar-refractivity contribution >= 4 is 20.6 Å². The molecule has 2 aromatic carbocycles. The zero-order valence-corrected chi connectivity index (χ0v) is 12.0. The number of benzene rings is 2. The molecule has 20 heavy (non-hydrogen) atoms. The Balaban J connectivity index is 2.11. The smallest absolute Gasteiger partial charge is 0.156 e. The Morgan fingerprint density at radius 2 is 1.75 bits per heavy atom. The average molecular weight is 294 g/mol. The normalized spacial score (nSPS) is 11.8. The fourth-order valence-electron chi connectivity index (χ4n) is 2.08. The molecule has 2 rings (SSSR count). The highest BCUT2D eigenvalue weighted by Gasteiger charge is 2.13. The molecule has 0 aliphatic carbocycles. The van der Waals surface area contributed by atoms with Crippen molar-refractivity contribution < 1.29 is 18.3 Å². The average Bonchev–Trinajstić information content (AvgIpc) is 2.44. The highest BCUT2D eigenvalue weighted by atomic mass is 32.2. The van der Waals surface area contributed by atoms with Gasteiger partial charge in [0.2, 0.25) is 0 Å². The van der Waals surface area contributed by atoms with Gasteiger partial charge < -0.3 is 9.84 Å². The Kier molecular flexibility index (Phi) is 5.11. The van der Waals surface area contributed by atoms with E-state index >= 15 is 0 Å². The molecule has 0 amide bonds. The van der Waals surface area contributed by atoms with Crippen LogP contribution in [-0.2, 0) is 20.3 Å². The van der Waals surface area contributed by atoms with Gasteiger partial charge in [-0.3, -0.25) is 0 Å². The summed E-state index contributed by atoms with van der Waals surface area (Å²) in [7, 11) is -3.21. The highest BCUT2D eigenvalue weighted by molar-refractivity contribution is 7.90. The van der Waals surface area contributed by atoms with Crippen molar-refractivity contribution in [3.63, 3.8) is 0 Å². The first-order valence-corrected chi connectivity index (χ1v) is 8.30. The molecule has 0 bridgehead atoms. The van der Waals surface area contributed by atoms with Crippen LogP contribution in [0.3, 0.4) is 0 Å². The van der Waals surface area contributed by atoms with E-state index in [0.29, 0.717) is 0 Å². The van der Waals surface area contributed by atoms with Gasteiger partial charge >= 0.3 is 0 Å². The van der Waals surface area contributed by atoms with E-state index in [0.717, 1.165) is 16.3 Å². The molecule has 1 N–H and O–H groups in total. The number of hydrogen-bond acceptors (Lipinski definition) is 4. The Morgan fingerprint density at radius 1 is 1.00 bits per heavy atom. The molecule has 4 nitrogen and oxygen atoms in total. The molecule has 0 unspecified atom stereocenters. The molecule has 0 heterocycles. The van der Waals surface area contributed by atoms with Crippen LogP contribution >= 0.6 is 0 Å². The van der Waals surface area contributed by atoms with Crippen LogP contribution in [0.4, 0.5) is 0 Å². The quantitative estimate of drug-likeness (QED) is 0.790. The van der Waals surface area contributed by atoms with Crippen molar-refractivity contribution in [2.75, 3.05) is 25.6 Å². The van der Waals surface area contributed by atoms with E-state index in [2.05, 4.69) is 0 Å². The number of aliphatic hydroxyl groups is 1. The second-order valence-corrected chi connectivity index (χ2v) is 6.75. The molecular weight excluding hydrogens is 276 g/mol. The molecule has 0 radical (unpaired) electrons. The van der Waals surface area contributed by atoms with Crippen LogP contribution in [0.25, 0.3) is 10.8 Å². The largest absolute Gasteiger partial charge is 0.394 e. The summed E-state index contributed by atoms with van der Waals surface area (Å²) in [5, 5.41) is 10.6. The standard InChI is InChI=1S/C15H18O4S/c16-8-9-19-10-11-20(17,18)12-14-6-3-5-13-4-1-2-7-15(13)14/h1-7,16H,8-12H2. The van der Waals surface area contributed by atoms with Crippen LogP contribution in [0.15, 0.2) is 42.5 Å². The Bertz CT molecular complexity index is 659. The molecule has 0 atom stereocenters. The molecular formula is C15H18O4S. The van der Waals surface area contributed by atoms with Crippen molar-refractivity contribution in [1.82, 2.24) is 0 Å². The lowest BCUT2D eigenvalue weighted by atomic mass is 10.1. The molecule has 0 spiro atoms. The lowest BCUT2D eigenvalue weighted by molar-refractivity contribution is 0.103. The molecule has 0 fully saturated rings. The minimum absolute atomic E-state index is 0.0108. The number of rotatable bonds is 7. The number of hydrogen-bond donors (Lipinski definition) is 1. The van der Waals surface area contributed by atoms with E-state index in [4.69, 9.17) is 9.84 Å². The Labute approximate surface area is 118 Å². The zero-order valence-electron chi connectivity index (χ0n) is 11.2. The van der Waals surface area contributed by atoms with E-state index in [1.807, 2.05) is 42.5 Å². The van der Waals surface area contributed by atoms with E-state index in [1.54, 1.807) is 0 Å². The molecule has 0 saturated heterocycles. The van der Waals surface area contributed by atoms with Gasteiger partial charge in [-0.25, -0.2) is 8.42 Å². The van der Waals surface area contributed by atoms with Gasteiger partial charge in [0, 0.05) is 0 Å². The zero-order chi connectivity index (χ0) is 14.4. The highest BCUT2D eigenvalue weighted by Crippen LogP contribution is 2.20. The molecule has 2 aromatic rings. The van der Waals surface area contributed by atoms with Crippen molar-refractivity contribution in [3.05, 3.63) is 48.0 Å². The second kappa shape index (κ2) is 6.83. The van der Waals surface area contributed by atoms with E-state index in [1.165, 1.54) is 0 Å². The van der Waals surface area contributed by atoms with Crippen LogP contribution < -0.4 is 0 Å². The third kappa shape index (κ3) is 4.03. The summed E-state index contributed by atoms with van der Waals surface area (Å²) in [5.74, 6) is -0.0208. The van der Waals surface area contributed by atoms with Gasteiger partial charge in [-0.15, -0.1) is 0 Å². The SMILES string of the molecule is O=S(=O)(CCOCCO)Cc1cccc2ccccc12. The molecule has 0 aliphatic rings. The first kappa shape index (κ1) is 15.0. The topological polar surface area (TPSA) is 63.6 Å². The van der Waals surface area contributed by atoms with Gasteiger partial charge in [0.05, 0.1) is 31.3 Å². The van der Waals surface area contributed by atoms with E-state index < -0.39 is 9.84 Å². The molecule has 0 aromatic heterocycles. The maximum atomic E-state index is 12.1. The lowest BCUT2D eigenvalue weighted by Crippen LogP contribution is -2.15. The summed E-state index contributed by atoms with van der Waals surface area (Å²) in [6.07, 6.45) is 0. The lowest BCUT2D eigenvalue weighted by Gasteiger charge is -2.08. The Morgan fingerprint density at radius 3 is 2.55 bits per heavy atom. The van der Waals surface area contributed by atoms with Gasteiger partial charge in [-0.1, -0.05) is 42.5 Å². The minimum Gasteiger partial charge on any atom is -0.394 e. The van der Waals surface area contributed by atoms with Crippen molar-refractivity contribution in [2.45, 2.75) is 5.75 Å². The van der Waals surface area contributed by atoms with Crippen LogP contribution in [-0.4, -0.2) is 39.1 Å². The summed E-state index contributed by atoms with van der Waals surface area (Å²) < 4.78 is 29.1. The summed E-state index contributed by atoms with van der Waals surface area (Å²) in [6, 6.07) is 13.4. The number of fused-ring (bicyclic) bond motifs is 1. The second-order valence-electron chi connectivity index (χ2n) is 4.57. The van der Waals surface area contributed by atoms with Gasteiger partial charge in [-0.05, 0) is 16.3 Å². The van der Waals surface area contributed by atoms with E-state index in [9.17, 15) is 8.42 Å². The maximum Gasteiger partial charge on any atom is 0.156 e. The Hall–Kier alpha value is -1.43. The van der Waals surface area contributed by atoms with Crippen molar-refractivity contribution in [1.29, 1.82) is 0 Å². The summed E-state index contributed by atoms with van der Waals surface area (Å²) in [4.78, 5) is 0. The molecule has 5 heteroatoms. The van der Waals surface area contributed by atoms with Crippen molar-refractivity contribution in [2.24, 2.45) is 0 Å². The van der Waals surface area contributed by atoms with Gasteiger partial charge in [0.25, 0.3) is 0 Å². The van der Waals surface area contributed by atoms with Crippen LogP contribution in [0.5, 0.6) is 0 Å². The first-order chi connectivity index (χ1) is 9.62. The molecule has 108 valence electrons. The molecule has 0 aliphatic heterocycles. The summed E-state index contributed by atoms with van der Waals surface area (Å²) in [6.45, 7) is 0.195. The van der Waals surface area contributed by atoms with Gasteiger partial charge in [-0.2, -0.15) is 0 Å². The predicted molar refractivity (Wildman–Crippen MR) is 79.3 cm³/mol. The fourth-order valence-corrected chi connectivity index (χ4v) is 3.32. The van der Waals surface area contributed by atoms with Crippen LogP contribution in [0.2, 0.25) is 0 Å². The first-order valence-electron chi connectivity index (χ1n) is 6.48. The van der Waals surface area contributed by atoms with Gasteiger partial charge in [0.15, 0.2) is 9.84 Å². The van der Waals surface area contributed by atoms with E-state index in [-0.39, 0.29) is 31.3 Å². The number of sulfone groups is 1. The number of aliphatic hydroxyl groups excluding tert-OH is 1. The minimum atomic E-state index is -3.21. The predicted octanol–water partition coefficient (Wildman–Crippen LogP) is 1.76. The summed E-state index contributed by atoms with van der Waals surface area (Å²) in [5.41, 5.74) is 0.810.